The lowest BCUT2D eigenvalue weighted by Gasteiger charge is -2.39. The summed E-state index contributed by atoms with van der Waals surface area (Å²) in [5, 5.41) is 49.5. The highest BCUT2D eigenvalue weighted by Crippen LogP contribution is 2.42. The van der Waals surface area contributed by atoms with Gasteiger partial charge in [0.05, 0.1) is 22.5 Å². The van der Waals surface area contributed by atoms with E-state index in [1.807, 2.05) is 0 Å². The summed E-state index contributed by atoms with van der Waals surface area (Å²) < 4.78 is 11.2. The first-order valence-electron chi connectivity index (χ1n) is 7.01. The van der Waals surface area contributed by atoms with E-state index in [2.05, 4.69) is 20.9 Å². The average Bonchev–Trinajstić information content (AvgIpc) is 2.88. The van der Waals surface area contributed by atoms with Gasteiger partial charge in [0, 0.05) is 4.47 Å². The Kier molecular flexibility index (Phi) is 4.94. The number of benzene rings is 1. The molecule has 5 atom stereocenters. The van der Waals surface area contributed by atoms with Gasteiger partial charge < -0.3 is 40.0 Å². The molecule has 0 spiro atoms. The molecule has 2 heterocycles. The van der Waals surface area contributed by atoms with Crippen molar-refractivity contribution < 1.29 is 35.0 Å². The summed E-state index contributed by atoms with van der Waals surface area (Å²) >= 11 is 9.38. The molecule has 3 rings (SSSR count). The number of nitrogens with one attached hydrogen (secondary N) is 1. The number of rotatable bonds is 3. The van der Waals surface area contributed by atoms with Crippen LogP contribution in [0.2, 0.25) is 5.02 Å². The van der Waals surface area contributed by atoms with Crippen molar-refractivity contribution in [3.8, 4) is 11.6 Å². The largest absolute Gasteiger partial charge is 0.503 e. The number of fused-ring (bicyclic) bond motifs is 1. The second-order valence-corrected chi connectivity index (χ2v) is 6.63. The molecule has 0 saturated carbocycles. The van der Waals surface area contributed by atoms with Crippen molar-refractivity contribution in [2.45, 2.75) is 30.7 Å². The smallest absolute Gasteiger partial charge is 0.237 e. The van der Waals surface area contributed by atoms with Crippen molar-refractivity contribution in [2.24, 2.45) is 0 Å². The topological polar surface area (TPSA) is 135 Å². The molecular formula is C14H15BrClNO7. The van der Waals surface area contributed by atoms with Crippen molar-refractivity contribution in [2.75, 3.05) is 6.61 Å². The van der Waals surface area contributed by atoms with Crippen LogP contribution in [0.4, 0.5) is 0 Å². The van der Waals surface area contributed by atoms with E-state index in [1.165, 1.54) is 0 Å². The maximum atomic E-state index is 10.3. The van der Waals surface area contributed by atoms with Crippen LogP contribution in [0.1, 0.15) is 0 Å². The van der Waals surface area contributed by atoms with Crippen LogP contribution in [0.25, 0.3) is 10.9 Å². The number of aliphatic hydroxyl groups excluding tert-OH is 4. The highest BCUT2D eigenvalue weighted by Gasteiger charge is 2.45. The minimum Gasteiger partial charge on any atom is -0.503 e. The summed E-state index contributed by atoms with van der Waals surface area (Å²) in [5.74, 6) is -0.428. The number of aromatic nitrogens is 1. The fourth-order valence-electron chi connectivity index (χ4n) is 2.55. The van der Waals surface area contributed by atoms with E-state index in [-0.39, 0.29) is 16.7 Å². The number of aliphatic hydroxyl groups is 4. The van der Waals surface area contributed by atoms with Crippen LogP contribution in [0, 0.1) is 0 Å². The van der Waals surface area contributed by atoms with Gasteiger partial charge in [-0.2, -0.15) is 0 Å². The van der Waals surface area contributed by atoms with Gasteiger partial charge in [0.1, 0.15) is 24.4 Å². The zero-order valence-electron chi connectivity index (χ0n) is 12.1. The normalized spacial score (nSPS) is 30.7. The molecule has 2 aromatic rings. The second-order valence-electron chi connectivity index (χ2n) is 5.40. The van der Waals surface area contributed by atoms with E-state index in [9.17, 15) is 25.5 Å². The molecule has 0 radical (unpaired) electrons. The van der Waals surface area contributed by atoms with Crippen molar-refractivity contribution >= 4 is 38.4 Å². The fourth-order valence-corrected chi connectivity index (χ4v) is 3.13. The van der Waals surface area contributed by atoms with Gasteiger partial charge in [0.25, 0.3) is 0 Å². The van der Waals surface area contributed by atoms with Gasteiger partial charge in [-0.25, -0.2) is 0 Å². The van der Waals surface area contributed by atoms with Gasteiger partial charge in [-0.1, -0.05) is 11.6 Å². The van der Waals surface area contributed by atoms with E-state index in [1.54, 1.807) is 12.1 Å². The van der Waals surface area contributed by atoms with Crippen LogP contribution in [-0.4, -0.2) is 67.8 Å². The van der Waals surface area contributed by atoms with Crippen molar-refractivity contribution in [3.05, 3.63) is 21.6 Å². The molecule has 1 aromatic carbocycles. The van der Waals surface area contributed by atoms with Gasteiger partial charge in [-0.15, -0.1) is 0 Å². The van der Waals surface area contributed by atoms with E-state index in [0.717, 1.165) is 0 Å². The SMILES string of the molecule is OC[C@H]1O[C@@H](Oc2[nH]c3ccc(Br)c(Cl)c3c2O)[C@H](O)[C@@H](O)[C@H]1O. The summed E-state index contributed by atoms with van der Waals surface area (Å²) in [6, 6.07) is 3.34. The summed E-state index contributed by atoms with van der Waals surface area (Å²) in [4.78, 5) is 2.78. The van der Waals surface area contributed by atoms with Crippen LogP contribution in [0.3, 0.4) is 0 Å². The average molecular weight is 425 g/mol. The number of aromatic amines is 1. The molecule has 0 amide bonds. The van der Waals surface area contributed by atoms with Gasteiger partial charge >= 0.3 is 0 Å². The van der Waals surface area contributed by atoms with E-state index in [0.29, 0.717) is 15.4 Å². The van der Waals surface area contributed by atoms with E-state index < -0.39 is 37.3 Å². The predicted octanol–water partition coefficient (Wildman–Crippen LogP) is 0.468. The summed E-state index contributed by atoms with van der Waals surface area (Å²) in [7, 11) is 0. The third kappa shape index (κ3) is 2.86. The number of ether oxygens (including phenoxy) is 2. The molecular weight excluding hydrogens is 410 g/mol. The van der Waals surface area contributed by atoms with Gasteiger partial charge in [0.2, 0.25) is 12.2 Å². The Morgan fingerprint density at radius 1 is 1.21 bits per heavy atom. The molecule has 1 aliphatic rings. The van der Waals surface area contributed by atoms with Gasteiger partial charge in [-0.3, -0.25) is 0 Å². The Morgan fingerprint density at radius 3 is 2.58 bits per heavy atom. The zero-order valence-corrected chi connectivity index (χ0v) is 14.4. The van der Waals surface area contributed by atoms with Crippen molar-refractivity contribution in [3.63, 3.8) is 0 Å². The Labute approximate surface area is 149 Å². The first kappa shape index (κ1) is 17.7. The summed E-state index contributed by atoms with van der Waals surface area (Å²) in [6.07, 6.45) is -7.19. The maximum absolute atomic E-state index is 10.3. The fraction of sp³-hybridized carbons (Fsp3) is 0.429. The third-order valence-electron chi connectivity index (χ3n) is 3.88. The van der Waals surface area contributed by atoms with E-state index >= 15 is 0 Å². The molecule has 1 aromatic heterocycles. The molecule has 0 aliphatic carbocycles. The molecule has 1 saturated heterocycles. The number of hydrogen-bond acceptors (Lipinski definition) is 7. The molecule has 132 valence electrons. The highest BCUT2D eigenvalue weighted by atomic mass is 79.9. The minimum atomic E-state index is -1.59. The maximum Gasteiger partial charge on any atom is 0.237 e. The highest BCUT2D eigenvalue weighted by molar-refractivity contribution is 9.10. The standard InChI is InChI=1S/C14H15BrClNO7/c15-4-1-2-5-7(8(4)16)10(20)13(17-5)24-14-12(22)11(21)9(19)6(3-18)23-14/h1-2,6,9,11-12,14,17-22H,3H2/t6-,9+,11+,12-,14+/m1/s1. The zero-order chi connectivity index (χ0) is 17.6. The Balaban J connectivity index is 1.92. The second kappa shape index (κ2) is 6.68. The lowest BCUT2D eigenvalue weighted by atomic mass is 9.99. The van der Waals surface area contributed by atoms with Crippen molar-refractivity contribution in [1.29, 1.82) is 0 Å². The molecule has 24 heavy (non-hydrogen) atoms. The van der Waals surface area contributed by atoms with Crippen LogP contribution in [0.5, 0.6) is 11.6 Å². The predicted molar refractivity (Wildman–Crippen MR) is 87.1 cm³/mol. The third-order valence-corrected chi connectivity index (χ3v) is 5.16. The van der Waals surface area contributed by atoms with Crippen LogP contribution in [0.15, 0.2) is 16.6 Å². The number of aromatic hydroxyl groups is 1. The first-order valence-corrected chi connectivity index (χ1v) is 8.18. The Hall–Kier alpha value is -1.07. The lowest BCUT2D eigenvalue weighted by Crippen LogP contribution is -2.60. The number of hydrogen-bond donors (Lipinski definition) is 6. The minimum absolute atomic E-state index is 0.130. The Bertz CT molecular complexity index is 752. The van der Waals surface area contributed by atoms with Gasteiger partial charge in [0.15, 0.2) is 5.75 Å². The summed E-state index contributed by atoms with van der Waals surface area (Å²) in [6.45, 7) is -0.581. The molecule has 0 unspecified atom stereocenters. The van der Waals surface area contributed by atoms with Gasteiger partial charge in [-0.05, 0) is 28.1 Å². The molecule has 10 heteroatoms. The molecule has 0 bridgehead atoms. The quantitative estimate of drug-likeness (QED) is 0.421. The van der Waals surface area contributed by atoms with E-state index in [4.69, 9.17) is 21.1 Å². The molecule has 1 aliphatic heterocycles. The number of H-pyrrole nitrogens is 1. The van der Waals surface area contributed by atoms with Crippen LogP contribution < -0.4 is 4.74 Å². The van der Waals surface area contributed by atoms with Crippen LogP contribution >= 0.6 is 27.5 Å². The first-order chi connectivity index (χ1) is 11.3. The molecule has 6 N–H and O–H groups in total. The Morgan fingerprint density at radius 2 is 1.92 bits per heavy atom. The lowest BCUT2D eigenvalue weighted by molar-refractivity contribution is -0.278. The van der Waals surface area contributed by atoms with Crippen LogP contribution in [-0.2, 0) is 4.74 Å². The summed E-state index contributed by atoms with van der Waals surface area (Å²) in [5.41, 5.74) is 0.486. The molecule has 1 fully saturated rings. The van der Waals surface area contributed by atoms with Crippen molar-refractivity contribution in [1.82, 2.24) is 4.98 Å². The monoisotopic (exact) mass is 423 g/mol. The number of halogens is 2. The molecule has 8 nitrogen and oxygen atoms in total.